The van der Waals surface area contributed by atoms with E-state index in [1.807, 2.05) is 30.3 Å². The molecule has 0 bridgehead atoms. The molecule has 0 unspecified atom stereocenters. The van der Waals surface area contributed by atoms with E-state index in [0.717, 1.165) is 32.4 Å². The van der Waals surface area contributed by atoms with Crippen LogP contribution in [0, 0.1) is 17.0 Å². The Hall–Kier alpha value is -3.88. The number of anilines is 2. The minimum absolute atomic E-state index is 0.150. The van der Waals surface area contributed by atoms with Gasteiger partial charge in [0.1, 0.15) is 5.69 Å². The lowest BCUT2D eigenvalue weighted by Gasteiger charge is -2.30. The van der Waals surface area contributed by atoms with Gasteiger partial charge in [0.05, 0.1) is 27.6 Å². The van der Waals surface area contributed by atoms with Crippen molar-refractivity contribution >= 4 is 23.0 Å². The lowest BCUT2D eigenvalue weighted by atomic mass is 10.1. The highest BCUT2D eigenvalue weighted by Crippen LogP contribution is 2.29. The number of piperidine rings is 1. The molecular formula is C23H25N5O4. The maximum absolute atomic E-state index is 13.3. The molecular weight excluding hydrogens is 410 g/mol. The van der Waals surface area contributed by atoms with Crippen molar-refractivity contribution in [3.8, 4) is 5.69 Å². The molecule has 9 heteroatoms. The van der Waals surface area contributed by atoms with E-state index < -0.39 is 10.8 Å². The third-order valence-electron chi connectivity index (χ3n) is 5.93. The van der Waals surface area contributed by atoms with E-state index in [2.05, 4.69) is 10.2 Å². The highest BCUT2D eigenvalue weighted by molar-refractivity contribution is 6.08. The summed E-state index contributed by atoms with van der Waals surface area (Å²) in [5.74, 6) is -0.541. The van der Waals surface area contributed by atoms with Crippen LogP contribution in [0.1, 0.15) is 35.3 Å². The summed E-state index contributed by atoms with van der Waals surface area (Å²) in [4.78, 5) is 39.3. The molecule has 0 saturated carbocycles. The Bertz CT molecular complexity index is 1220. The molecule has 166 valence electrons. The van der Waals surface area contributed by atoms with Gasteiger partial charge in [-0.3, -0.25) is 24.4 Å². The van der Waals surface area contributed by atoms with Crippen LogP contribution in [-0.4, -0.2) is 33.3 Å². The van der Waals surface area contributed by atoms with E-state index in [-0.39, 0.29) is 22.5 Å². The average Bonchev–Trinajstić information content (AvgIpc) is 3.02. The van der Waals surface area contributed by atoms with Crippen LogP contribution in [0.25, 0.3) is 5.69 Å². The first-order valence-electron chi connectivity index (χ1n) is 10.6. The van der Waals surface area contributed by atoms with Crippen molar-refractivity contribution in [1.29, 1.82) is 0 Å². The number of non-ortho nitro benzene ring substituents is 1. The van der Waals surface area contributed by atoms with Gasteiger partial charge in [0.25, 0.3) is 17.2 Å². The van der Waals surface area contributed by atoms with Crippen LogP contribution < -0.4 is 15.8 Å². The first-order valence-corrected chi connectivity index (χ1v) is 10.6. The maximum atomic E-state index is 13.3. The quantitative estimate of drug-likeness (QED) is 0.487. The van der Waals surface area contributed by atoms with Crippen LogP contribution in [0.5, 0.6) is 0 Å². The van der Waals surface area contributed by atoms with E-state index in [1.54, 1.807) is 24.7 Å². The minimum atomic E-state index is -0.541. The molecule has 0 atom stereocenters. The number of para-hydroxylation sites is 1. The van der Waals surface area contributed by atoms with E-state index in [9.17, 15) is 19.7 Å². The Balaban J connectivity index is 1.74. The molecule has 1 fully saturated rings. The molecule has 0 aliphatic carbocycles. The van der Waals surface area contributed by atoms with Crippen molar-refractivity contribution in [2.24, 2.45) is 7.05 Å². The molecule has 1 saturated heterocycles. The molecule has 0 radical (unpaired) electrons. The van der Waals surface area contributed by atoms with Crippen molar-refractivity contribution < 1.29 is 9.72 Å². The van der Waals surface area contributed by atoms with E-state index in [1.165, 1.54) is 16.8 Å². The Labute approximate surface area is 185 Å². The highest BCUT2D eigenvalue weighted by Gasteiger charge is 2.24. The van der Waals surface area contributed by atoms with Gasteiger partial charge in [-0.25, -0.2) is 4.68 Å². The molecule has 2 heterocycles. The second kappa shape index (κ2) is 8.70. The molecule has 1 N–H and O–H groups in total. The van der Waals surface area contributed by atoms with Crippen molar-refractivity contribution in [2.75, 3.05) is 23.3 Å². The zero-order valence-corrected chi connectivity index (χ0v) is 18.1. The Kier molecular flexibility index (Phi) is 5.81. The summed E-state index contributed by atoms with van der Waals surface area (Å²) in [6.45, 7) is 3.31. The first kappa shape index (κ1) is 21.4. The van der Waals surface area contributed by atoms with Gasteiger partial charge in [0, 0.05) is 32.3 Å². The number of hydrogen-bond acceptors (Lipinski definition) is 5. The number of nitro benzene ring substituents is 1. The van der Waals surface area contributed by atoms with Crippen LogP contribution in [-0.2, 0) is 7.05 Å². The summed E-state index contributed by atoms with van der Waals surface area (Å²) in [5.41, 5.74) is 1.71. The highest BCUT2D eigenvalue weighted by atomic mass is 16.6. The molecule has 32 heavy (non-hydrogen) atoms. The fraction of sp³-hybridized carbons (Fsp3) is 0.304. The number of carbonyl (C=O) groups excluding carboxylic acids is 1. The summed E-state index contributed by atoms with van der Waals surface area (Å²) in [5, 5.41) is 14.1. The zero-order chi connectivity index (χ0) is 22.8. The number of amides is 1. The van der Waals surface area contributed by atoms with Crippen LogP contribution in [0.4, 0.5) is 17.1 Å². The number of carbonyl (C=O) groups is 1. The minimum Gasteiger partial charge on any atom is -0.371 e. The predicted octanol–water partition coefficient (Wildman–Crippen LogP) is 3.64. The molecule has 0 spiro atoms. The summed E-state index contributed by atoms with van der Waals surface area (Å²) in [7, 11) is 1.74. The van der Waals surface area contributed by atoms with Crippen LogP contribution in [0.15, 0.2) is 53.3 Å². The molecule has 4 rings (SSSR count). The molecule has 2 aromatic carbocycles. The van der Waals surface area contributed by atoms with Crippen LogP contribution in [0.2, 0.25) is 0 Å². The molecule has 1 aliphatic rings. The topological polar surface area (TPSA) is 102 Å². The van der Waals surface area contributed by atoms with Crippen LogP contribution in [0.3, 0.4) is 0 Å². The average molecular weight is 435 g/mol. The van der Waals surface area contributed by atoms with Gasteiger partial charge in [0.2, 0.25) is 0 Å². The third-order valence-corrected chi connectivity index (χ3v) is 5.93. The zero-order valence-electron chi connectivity index (χ0n) is 18.1. The second-order valence-electron chi connectivity index (χ2n) is 7.90. The van der Waals surface area contributed by atoms with E-state index in [0.29, 0.717) is 17.1 Å². The Morgan fingerprint density at radius 1 is 1.06 bits per heavy atom. The lowest BCUT2D eigenvalue weighted by Crippen LogP contribution is -2.31. The molecule has 1 amide bonds. The number of rotatable bonds is 5. The number of aromatic nitrogens is 2. The third kappa shape index (κ3) is 3.89. The van der Waals surface area contributed by atoms with Crippen LogP contribution >= 0.6 is 0 Å². The van der Waals surface area contributed by atoms with Gasteiger partial charge in [0.15, 0.2) is 0 Å². The smallest absolute Gasteiger partial charge is 0.295 e. The fourth-order valence-corrected chi connectivity index (χ4v) is 4.12. The van der Waals surface area contributed by atoms with E-state index >= 15 is 0 Å². The van der Waals surface area contributed by atoms with Crippen molar-refractivity contribution in [2.45, 2.75) is 26.2 Å². The number of nitrogens with zero attached hydrogens (tertiary/aromatic N) is 4. The SMILES string of the molecule is Cc1c(NC(=O)c2cc([N+](=O)[O-])ccc2N2CCCCC2)c(=O)n(-c2ccccc2)n1C. The standard InChI is InChI=1S/C23H25N5O4/c1-16-21(23(30)27(25(16)2)17-9-5-3-6-10-17)24-22(29)19-15-18(28(31)32)11-12-20(19)26-13-7-4-8-14-26/h3,5-6,9-12,15H,4,7-8,13-14H2,1-2H3,(H,24,29). The summed E-state index contributed by atoms with van der Waals surface area (Å²) >= 11 is 0. The summed E-state index contributed by atoms with van der Waals surface area (Å²) < 4.78 is 3.15. The molecule has 9 nitrogen and oxygen atoms in total. The maximum Gasteiger partial charge on any atom is 0.295 e. The Morgan fingerprint density at radius 2 is 1.75 bits per heavy atom. The number of nitro groups is 1. The number of nitrogens with one attached hydrogen (secondary N) is 1. The first-order chi connectivity index (χ1) is 15.4. The van der Waals surface area contributed by atoms with Gasteiger partial charge >= 0.3 is 0 Å². The van der Waals surface area contributed by atoms with Crippen molar-refractivity contribution in [3.63, 3.8) is 0 Å². The monoisotopic (exact) mass is 435 g/mol. The largest absolute Gasteiger partial charge is 0.371 e. The van der Waals surface area contributed by atoms with Gasteiger partial charge in [-0.1, -0.05) is 18.2 Å². The van der Waals surface area contributed by atoms with Gasteiger partial charge in [-0.15, -0.1) is 0 Å². The van der Waals surface area contributed by atoms with Gasteiger partial charge < -0.3 is 10.2 Å². The molecule has 1 aliphatic heterocycles. The Morgan fingerprint density at radius 3 is 2.41 bits per heavy atom. The molecule has 1 aromatic heterocycles. The van der Waals surface area contributed by atoms with Gasteiger partial charge in [-0.05, 0) is 44.4 Å². The summed E-state index contributed by atoms with van der Waals surface area (Å²) in [6, 6.07) is 13.5. The normalized spacial score (nSPS) is 13.8. The molecule has 3 aromatic rings. The predicted molar refractivity (Wildman–Crippen MR) is 123 cm³/mol. The summed E-state index contributed by atoms with van der Waals surface area (Å²) in [6.07, 6.45) is 3.11. The number of hydrogen-bond donors (Lipinski definition) is 1. The number of benzene rings is 2. The lowest BCUT2D eigenvalue weighted by molar-refractivity contribution is -0.384. The van der Waals surface area contributed by atoms with Crippen molar-refractivity contribution in [1.82, 2.24) is 9.36 Å². The van der Waals surface area contributed by atoms with E-state index in [4.69, 9.17) is 0 Å². The fourth-order valence-electron chi connectivity index (χ4n) is 4.12. The second-order valence-corrected chi connectivity index (χ2v) is 7.90. The van der Waals surface area contributed by atoms with Gasteiger partial charge in [-0.2, -0.15) is 0 Å². The van der Waals surface area contributed by atoms with Crippen molar-refractivity contribution in [3.05, 3.63) is 80.3 Å².